The first-order chi connectivity index (χ1) is 6.77. The Morgan fingerprint density at radius 3 is 2.64 bits per heavy atom. The smallest absolute Gasteiger partial charge is 0.387 e. The van der Waals surface area contributed by atoms with Crippen LogP contribution in [-0.2, 0) is 0 Å². The van der Waals surface area contributed by atoms with Crippen molar-refractivity contribution in [3.8, 4) is 5.75 Å². The van der Waals surface area contributed by atoms with E-state index in [1.807, 2.05) is 12.1 Å². The lowest BCUT2D eigenvalue weighted by molar-refractivity contribution is -0.0509. The zero-order valence-electron chi connectivity index (χ0n) is 7.54. The Morgan fingerprint density at radius 2 is 2.07 bits per heavy atom. The molecule has 1 atom stereocenters. The second-order valence-electron chi connectivity index (χ2n) is 3.21. The summed E-state index contributed by atoms with van der Waals surface area (Å²) in [4.78, 5) is 0. The van der Waals surface area contributed by atoms with Crippen molar-refractivity contribution in [1.29, 1.82) is 0 Å². The van der Waals surface area contributed by atoms with Gasteiger partial charge in [0.15, 0.2) is 0 Å². The Balaban J connectivity index is 2.19. The molecule has 0 saturated carbocycles. The van der Waals surface area contributed by atoms with Gasteiger partial charge in [-0.25, -0.2) is 0 Å². The maximum Gasteiger partial charge on any atom is 0.387 e. The van der Waals surface area contributed by atoms with Crippen LogP contribution < -0.4 is 10.1 Å². The second kappa shape index (κ2) is 3.92. The number of para-hydroxylation sites is 1. The first-order valence-corrected chi connectivity index (χ1v) is 4.54. The summed E-state index contributed by atoms with van der Waals surface area (Å²) >= 11 is 0. The minimum atomic E-state index is -2.75. The predicted octanol–water partition coefficient (Wildman–Crippen LogP) is 2.32. The van der Waals surface area contributed by atoms with Crippen molar-refractivity contribution in [2.45, 2.75) is 19.1 Å². The molecule has 1 aliphatic rings. The molecule has 1 aromatic rings. The lowest BCUT2D eigenvalue weighted by atomic mass is 9.97. The summed E-state index contributed by atoms with van der Waals surface area (Å²) < 4.78 is 28.5. The molecule has 2 rings (SSSR count). The van der Waals surface area contributed by atoms with E-state index < -0.39 is 6.61 Å². The highest BCUT2D eigenvalue weighted by Gasteiger charge is 2.22. The summed E-state index contributed by atoms with van der Waals surface area (Å²) in [5.74, 6) is 0.278. The molecule has 76 valence electrons. The van der Waals surface area contributed by atoms with E-state index in [0.717, 1.165) is 18.5 Å². The van der Waals surface area contributed by atoms with E-state index in [9.17, 15) is 8.78 Å². The number of halogens is 2. The number of benzene rings is 1. The molecule has 4 heteroatoms. The fourth-order valence-electron chi connectivity index (χ4n) is 1.53. The number of rotatable bonds is 3. The Morgan fingerprint density at radius 1 is 1.36 bits per heavy atom. The van der Waals surface area contributed by atoms with E-state index in [0.29, 0.717) is 0 Å². The molecular formula is C10H11F2NO. The number of alkyl halides is 2. The minimum absolute atomic E-state index is 0.171. The quantitative estimate of drug-likeness (QED) is 0.806. The predicted molar refractivity (Wildman–Crippen MR) is 48.4 cm³/mol. The first kappa shape index (κ1) is 9.40. The first-order valence-electron chi connectivity index (χ1n) is 4.54. The summed E-state index contributed by atoms with van der Waals surface area (Å²) in [7, 11) is 0. The molecule has 1 heterocycles. The van der Waals surface area contributed by atoms with Gasteiger partial charge in [0.2, 0.25) is 0 Å². The topological polar surface area (TPSA) is 21.3 Å². The molecule has 0 radical (unpaired) electrons. The maximum atomic E-state index is 12.0. The van der Waals surface area contributed by atoms with Crippen LogP contribution >= 0.6 is 0 Å². The zero-order valence-corrected chi connectivity index (χ0v) is 7.54. The van der Waals surface area contributed by atoms with Gasteiger partial charge in [0, 0.05) is 11.6 Å². The van der Waals surface area contributed by atoms with Gasteiger partial charge in [-0.3, -0.25) is 0 Å². The fourth-order valence-corrected chi connectivity index (χ4v) is 1.53. The average Bonchev–Trinajstić information content (AvgIpc) is 2.04. The standard InChI is InChI=1S/C10H11F2NO/c11-10(12)14-9-4-2-1-3-7(9)8-5-6-13-8/h1-4,8,10,13H,5-6H2/t8-/m0/s1. The van der Waals surface area contributed by atoms with Crippen LogP contribution in [0.2, 0.25) is 0 Å². The van der Waals surface area contributed by atoms with Gasteiger partial charge in [-0.2, -0.15) is 8.78 Å². The molecule has 1 aliphatic heterocycles. The highest BCUT2D eigenvalue weighted by molar-refractivity contribution is 5.36. The van der Waals surface area contributed by atoms with E-state index >= 15 is 0 Å². The van der Waals surface area contributed by atoms with Gasteiger partial charge in [-0.05, 0) is 19.0 Å². The molecule has 0 bridgehead atoms. The van der Waals surface area contributed by atoms with Crippen LogP contribution in [0.15, 0.2) is 24.3 Å². The van der Waals surface area contributed by atoms with Crippen molar-refractivity contribution in [2.75, 3.05) is 6.54 Å². The molecule has 1 aromatic carbocycles. The van der Waals surface area contributed by atoms with E-state index in [1.54, 1.807) is 12.1 Å². The normalized spacial score (nSPS) is 20.6. The molecule has 0 aromatic heterocycles. The Labute approximate surface area is 80.9 Å². The van der Waals surface area contributed by atoms with Crippen molar-refractivity contribution >= 4 is 0 Å². The van der Waals surface area contributed by atoms with E-state index in [2.05, 4.69) is 10.1 Å². The van der Waals surface area contributed by atoms with E-state index in [4.69, 9.17) is 0 Å². The van der Waals surface area contributed by atoms with Crippen LogP contribution in [0.4, 0.5) is 8.78 Å². The highest BCUT2D eigenvalue weighted by atomic mass is 19.3. The summed E-state index contributed by atoms with van der Waals surface area (Å²) in [6.45, 7) is -1.82. The minimum Gasteiger partial charge on any atom is -0.434 e. The van der Waals surface area contributed by atoms with Crippen LogP contribution in [0.1, 0.15) is 18.0 Å². The lowest BCUT2D eigenvalue weighted by Crippen LogP contribution is -2.35. The number of hydrogen-bond donors (Lipinski definition) is 1. The molecule has 0 unspecified atom stereocenters. The third-order valence-electron chi connectivity index (χ3n) is 2.33. The number of hydrogen-bond acceptors (Lipinski definition) is 2. The van der Waals surface area contributed by atoms with Crippen LogP contribution in [0.5, 0.6) is 5.75 Å². The molecular weight excluding hydrogens is 188 g/mol. The van der Waals surface area contributed by atoms with Gasteiger partial charge in [-0.1, -0.05) is 18.2 Å². The molecule has 1 N–H and O–H groups in total. The summed E-state index contributed by atoms with van der Waals surface area (Å²) in [5.41, 5.74) is 0.819. The van der Waals surface area contributed by atoms with Gasteiger partial charge >= 0.3 is 6.61 Å². The van der Waals surface area contributed by atoms with Crippen molar-refractivity contribution in [3.63, 3.8) is 0 Å². The van der Waals surface area contributed by atoms with Gasteiger partial charge in [-0.15, -0.1) is 0 Å². The molecule has 0 spiro atoms. The third-order valence-corrected chi connectivity index (χ3v) is 2.33. The van der Waals surface area contributed by atoms with Gasteiger partial charge in [0.1, 0.15) is 5.75 Å². The van der Waals surface area contributed by atoms with Crippen LogP contribution in [0.25, 0.3) is 0 Å². The van der Waals surface area contributed by atoms with Crippen LogP contribution in [0, 0.1) is 0 Å². The van der Waals surface area contributed by atoms with Crippen LogP contribution in [0.3, 0.4) is 0 Å². The van der Waals surface area contributed by atoms with Crippen molar-refractivity contribution in [3.05, 3.63) is 29.8 Å². The Bertz CT molecular complexity index is 313. The van der Waals surface area contributed by atoms with Crippen LogP contribution in [-0.4, -0.2) is 13.2 Å². The van der Waals surface area contributed by atoms with E-state index in [1.165, 1.54) is 0 Å². The monoisotopic (exact) mass is 199 g/mol. The molecule has 1 fully saturated rings. The zero-order chi connectivity index (χ0) is 9.97. The Kier molecular flexibility index (Phi) is 2.63. The maximum absolute atomic E-state index is 12.0. The second-order valence-corrected chi connectivity index (χ2v) is 3.21. The Hall–Kier alpha value is -1.16. The largest absolute Gasteiger partial charge is 0.434 e. The third kappa shape index (κ3) is 1.85. The van der Waals surface area contributed by atoms with Crippen molar-refractivity contribution in [1.82, 2.24) is 5.32 Å². The van der Waals surface area contributed by atoms with Gasteiger partial charge in [0.05, 0.1) is 0 Å². The van der Waals surface area contributed by atoms with Gasteiger partial charge in [0.25, 0.3) is 0 Å². The molecule has 0 aliphatic carbocycles. The molecule has 2 nitrogen and oxygen atoms in total. The SMILES string of the molecule is FC(F)Oc1ccccc1[C@@H]1CCN1. The van der Waals surface area contributed by atoms with Gasteiger partial charge < -0.3 is 10.1 Å². The van der Waals surface area contributed by atoms with E-state index in [-0.39, 0.29) is 11.8 Å². The highest BCUT2D eigenvalue weighted by Crippen LogP contribution is 2.31. The molecule has 1 saturated heterocycles. The molecule has 14 heavy (non-hydrogen) atoms. The lowest BCUT2D eigenvalue weighted by Gasteiger charge is -2.29. The molecule has 0 amide bonds. The average molecular weight is 199 g/mol. The van der Waals surface area contributed by atoms with Crippen molar-refractivity contribution < 1.29 is 13.5 Å². The summed E-state index contributed by atoms with van der Waals surface area (Å²) in [6.07, 6.45) is 0.976. The van der Waals surface area contributed by atoms with Crippen molar-refractivity contribution in [2.24, 2.45) is 0 Å². The fraction of sp³-hybridized carbons (Fsp3) is 0.400. The number of nitrogens with one attached hydrogen (secondary N) is 1. The number of ether oxygens (including phenoxy) is 1. The summed E-state index contributed by atoms with van der Waals surface area (Å²) in [5, 5.41) is 3.15. The summed E-state index contributed by atoms with van der Waals surface area (Å²) in [6, 6.07) is 7.08.